The minimum Gasteiger partial charge on any atom is -0.394 e. The molecule has 3 aromatic rings. The molecule has 1 fully saturated rings. The summed E-state index contributed by atoms with van der Waals surface area (Å²) in [5.74, 6) is -0.450. The molecule has 0 aliphatic carbocycles. The molecular weight excluding hydrogens is 418 g/mol. The number of nitriles is 1. The summed E-state index contributed by atoms with van der Waals surface area (Å²) in [5.41, 5.74) is 3.31. The molecule has 1 aliphatic rings. The Morgan fingerprint density at radius 3 is 2.39 bits per heavy atom. The van der Waals surface area contributed by atoms with Gasteiger partial charge in [-0.3, -0.25) is 9.59 Å². The Morgan fingerprint density at radius 1 is 1.06 bits per heavy atom. The molecule has 1 heterocycles. The first-order valence-electron chi connectivity index (χ1n) is 10.6. The summed E-state index contributed by atoms with van der Waals surface area (Å²) < 4.78 is 5.79. The van der Waals surface area contributed by atoms with Crippen LogP contribution in [-0.4, -0.2) is 41.1 Å². The van der Waals surface area contributed by atoms with Crippen molar-refractivity contribution in [1.82, 2.24) is 4.90 Å². The Labute approximate surface area is 191 Å². The van der Waals surface area contributed by atoms with Crippen molar-refractivity contribution >= 4 is 17.5 Å². The van der Waals surface area contributed by atoms with Crippen molar-refractivity contribution in [3.8, 4) is 6.07 Å². The number of nitrogens with one attached hydrogen (secondary N) is 1. The Morgan fingerprint density at radius 2 is 1.76 bits per heavy atom. The van der Waals surface area contributed by atoms with E-state index < -0.39 is 12.1 Å². The first kappa shape index (κ1) is 22.2. The van der Waals surface area contributed by atoms with E-state index >= 15 is 0 Å². The van der Waals surface area contributed by atoms with Crippen LogP contribution in [0.25, 0.3) is 0 Å². The van der Waals surface area contributed by atoms with Crippen molar-refractivity contribution in [2.45, 2.75) is 18.7 Å². The summed E-state index contributed by atoms with van der Waals surface area (Å²) in [5, 5.41) is 21.8. The van der Waals surface area contributed by atoms with Crippen LogP contribution < -0.4 is 5.32 Å². The molecule has 7 heteroatoms. The van der Waals surface area contributed by atoms with Gasteiger partial charge in [-0.1, -0.05) is 42.5 Å². The Kier molecular flexibility index (Phi) is 6.79. The number of benzene rings is 3. The number of hydrogen-bond acceptors (Lipinski definition) is 5. The molecule has 2 N–H and O–H groups in total. The third-order valence-corrected chi connectivity index (χ3v) is 5.61. The molecular formula is C26H23N3O4. The normalized spacial score (nSPS) is 17.9. The molecule has 0 bridgehead atoms. The van der Waals surface area contributed by atoms with Crippen LogP contribution in [0.1, 0.15) is 33.2 Å². The van der Waals surface area contributed by atoms with Crippen LogP contribution in [0.15, 0.2) is 78.9 Å². The van der Waals surface area contributed by atoms with Gasteiger partial charge in [-0.15, -0.1) is 0 Å². The molecule has 0 saturated carbocycles. The standard InChI is InChI=1S/C26H23N3O4/c27-14-18-6-8-21(9-7-18)26(32)28-22-12-10-20(11-13-22)25-23(16-30)29(24(31)17-33-25)15-19-4-2-1-3-5-19/h1-13,23,25,30H,15-17H2,(H,28,32). The Hall–Kier alpha value is -3.99. The fourth-order valence-electron chi connectivity index (χ4n) is 3.86. The maximum atomic E-state index is 12.5. The predicted octanol–water partition coefficient (Wildman–Crippen LogP) is 3.27. The fraction of sp³-hybridized carbons (Fsp3) is 0.192. The van der Waals surface area contributed by atoms with Crippen LogP contribution in [-0.2, 0) is 16.1 Å². The van der Waals surface area contributed by atoms with E-state index in [0.717, 1.165) is 11.1 Å². The second-order valence-electron chi connectivity index (χ2n) is 7.75. The molecule has 7 nitrogen and oxygen atoms in total. The summed E-state index contributed by atoms with van der Waals surface area (Å²) in [4.78, 5) is 26.6. The summed E-state index contributed by atoms with van der Waals surface area (Å²) in [6.45, 7) is 0.0924. The summed E-state index contributed by atoms with van der Waals surface area (Å²) in [6.07, 6.45) is -0.486. The zero-order valence-electron chi connectivity index (χ0n) is 17.8. The molecule has 0 spiro atoms. The molecule has 2 unspecified atom stereocenters. The molecule has 0 aromatic heterocycles. The predicted molar refractivity (Wildman–Crippen MR) is 122 cm³/mol. The van der Waals surface area contributed by atoms with Gasteiger partial charge in [-0.2, -0.15) is 5.26 Å². The summed E-state index contributed by atoms with van der Waals surface area (Å²) in [6, 6.07) is 24.7. The molecule has 1 saturated heterocycles. The van der Waals surface area contributed by atoms with Crippen LogP contribution in [0.4, 0.5) is 5.69 Å². The first-order valence-corrected chi connectivity index (χ1v) is 10.6. The van der Waals surface area contributed by atoms with Gasteiger partial charge < -0.3 is 20.1 Å². The van der Waals surface area contributed by atoms with Gasteiger partial charge in [0.15, 0.2) is 0 Å². The summed E-state index contributed by atoms with van der Waals surface area (Å²) in [7, 11) is 0. The zero-order chi connectivity index (χ0) is 23.2. The minimum absolute atomic E-state index is 0.0643. The number of ether oxygens (including phenoxy) is 1. The van der Waals surface area contributed by atoms with Crippen molar-refractivity contribution in [3.63, 3.8) is 0 Å². The van der Waals surface area contributed by atoms with Crippen molar-refractivity contribution in [2.24, 2.45) is 0 Å². The van der Waals surface area contributed by atoms with Crippen LogP contribution in [0.2, 0.25) is 0 Å². The number of aliphatic hydroxyl groups excluding tert-OH is 1. The van der Waals surface area contributed by atoms with Gasteiger partial charge in [-0.25, -0.2) is 0 Å². The zero-order valence-corrected chi connectivity index (χ0v) is 17.8. The van der Waals surface area contributed by atoms with E-state index in [0.29, 0.717) is 23.4 Å². The lowest BCUT2D eigenvalue weighted by Crippen LogP contribution is -2.52. The second kappa shape index (κ2) is 10.1. The van der Waals surface area contributed by atoms with Crippen LogP contribution in [0, 0.1) is 11.3 Å². The van der Waals surface area contributed by atoms with Crippen molar-refractivity contribution < 1.29 is 19.4 Å². The van der Waals surface area contributed by atoms with Crippen LogP contribution in [0.5, 0.6) is 0 Å². The van der Waals surface area contributed by atoms with Gasteiger partial charge >= 0.3 is 0 Å². The van der Waals surface area contributed by atoms with E-state index in [1.807, 2.05) is 48.5 Å². The highest BCUT2D eigenvalue weighted by Crippen LogP contribution is 2.31. The highest BCUT2D eigenvalue weighted by Gasteiger charge is 2.37. The largest absolute Gasteiger partial charge is 0.394 e. The van der Waals surface area contributed by atoms with Gasteiger partial charge in [0.25, 0.3) is 5.91 Å². The van der Waals surface area contributed by atoms with Gasteiger partial charge in [0.1, 0.15) is 12.7 Å². The first-order chi connectivity index (χ1) is 16.1. The number of rotatable bonds is 6. The fourth-order valence-corrected chi connectivity index (χ4v) is 3.86. The highest BCUT2D eigenvalue weighted by atomic mass is 16.5. The molecule has 2 amide bonds. The number of carbonyl (C=O) groups excluding carboxylic acids is 2. The molecule has 2 atom stereocenters. The number of anilines is 1. The number of amides is 2. The average molecular weight is 441 g/mol. The number of morpholine rings is 1. The van der Waals surface area contributed by atoms with Gasteiger partial charge in [0, 0.05) is 17.8 Å². The van der Waals surface area contributed by atoms with E-state index in [4.69, 9.17) is 10.00 Å². The Bertz CT molecular complexity index is 1150. The highest BCUT2D eigenvalue weighted by molar-refractivity contribution is 6.04. The maximum absolute atomic E-state index is 12.5. The van der Waals surface area contributed by atoms with E-state index in [2.05, 4.69) is 5.32 Å². The van der Waals surface area contributed by atoms with Crippen molar-refractivity contribution in [1.29, 1.82) is 5.26 Å². The molecule has 3 aromatic carbocycles. The second-order valence-corrected chi connectivity index (χ2v) is 7.75. The molecule has 33 heavy (non-hydrogen) atoms. The topological polar surface area (TPSA) is 103 Å². The molecule has 166 valence electrons. The number of hydrogen-bond donors (Lipinski definition) is 2. The molecule has 0 radical (unpaired) electrons. The third-order valence-electron chi connectivity index (χ3n) is 5.61. The van der Waals surface area contributed by atoms with Gasteiger partial charge in [0.2, 0.25) is 5.91 Å². The van der Waals surface area contributed by atoms with Crippen LogP contribution >= 0.6 is 0 Å². The lowest BCUT2D eigenvalue weighted by molar-refractivity contribution is -0.162. The number of nitrogens with zero attached hydrogens (tertiary/aromatic N) is 2. The quantitative estimate of drug-likeness (QED) is 0.611. The van der Waals surface area contributed by atoms with E-state index in [1.165, 1.54) is 0 Å². The summed E-state index contributed by atoms with van der Waals surface area (Å²) >= 11 is 0. The number of aliphatic hydroxyl groups is 1. The lowest BCUT2D eigenvalue weighted by Gasteiger charge is -2.40. The smallest absolute Gasteiger partial charge is 0.255 e. The Balaban J connectivity index is 1.47. The molecule has 4 rings (SSSR count). The number of carbonyl (C=O) groups is 2. The van der Waals surface area contributed by atoms with Crippen molar-refractivity contribution in [2.75, 3.05) is 18.5 Å². The lowest BCUT2D eigenvalue weighted by atomic mass is 9.98. The third kappa shape index (κ3) is 5.09. The SMILES string of the molecule is N#Cc1ccc(C(=O)Nc2ccc(C3OCC(=O)N(Cc4ccccc4)C3CO)cc2)cc1. The monoisotopic (exact) mass is 441 g/mol. The van der Waals surface area contributed by atoms with Crippen LogP contribution in [0.3, 0.4) is 0 Å². The van der Waals surface area contributed by atoms with E-state index in [9.17, 15) is 14.7 Å². The van der Waals surface area contributed by atoms with Gasteiger partial charge in [0.05, 0.1) is 24.3 Å². The van der Waals surface area contributed by atoms with E-state index in [-0.39, 0.29) is 25.0 Å². The minimum atomic E-state index is -0.523. The van der Waals surface area contributed by atoms with E-state index in [1.54, 1.807) is 41.3 Å². The van der Waals surface area contributed by atoms with Gasteiger partial charge in [-0.05, 0) is 47.5 Å². The average Bonchev–Trinajstić information content (AvgIpc) is 2.86. The van der Waals surface area contributed by atoms with Crippen molar-refractivity contribution in [3.05, 3.63) is 101 Å². The maximum Gasteiger partial charge on any atom is 0.255 e. The molecule has 1 aliphatic heterocycles.